The fourth-order valence-corrected chi connectivity index (χ4v) is 6.70. The van der Waals surface area contributed by atoms with Gasteiger partial charge >= 0.3 is 12.0 Å². The van der Waals surface area contributed by atoms with Gasteiger partial charge in [-0.05, 0) is 96.1 Å². The number of piperidine rings is 1. The lowest BCUT2D eigenvalue weighted by Gasteiger charge is -2.56. The first-order valence-corrected chi connectivity index (χ1v) is 11.4. The summed E-state index contributed by atoms with van der Waals surface area (Å²) in [4.78, 5) is 39.2. The van der Waals surface area contributed by atoms with E-state index in [0.717, 1.165) is 37.0 Å². The lowest BCUT2D eigenvalue weighted by Crippen LogP contribution is -2.62. The summed E-state index contributed by atoms with van der Waals surface area (Å²) >= 11 is 0. The Balaban J connectivity index is 1.25. The van der Waals surface area contributed by atoms with E-state index in [1.165, 1.54) is 19.3 Å². The average Bonchev–Trinajstić information content (AvgIpc) is 2.66. The van der Waals surface area contributed by atoms with Gasteiger partial charge in [0.2, 0.25) is 5.91 Å². The van der Waals surface area contributed by atoms with Crippen molar-refractivity contribution in [3.8, 4) is 0 Å². The van der Waals surface area contributed by atoms with Crippen molar-refractivity contribution in [2.45, 2.75) is 76.8 Å². The lowest BCUT2D eigenvalue weighted by atomic mass is 9.53. The van der Waals surface area contributed by atoms with Crippen molar-refractivity contribution in [1.29, 1.82) is 0 Å². The topological polar surface area (TPSA) is 87.7 Å². The highest BCUT2D eigenvalue weighted by atomic mass is 16.5. The quantitative estimate of drug-likeness (QED) is 0.686. The Hall–Kier alpha value is -1.63. The van der Waals surface area contributed by atoms with Gasteiger partial charge in [0.25, 0.3) is 0 Å². The molecule has 0 spiro atoms. The number of amides is 3. The fraction of sp³-hybridized carbons (Fsp3) is 0.864. The first-order valence-electron chi connectivity index (χ1n) is 11.4. The highest BCUT2D eigenvalue weighted by Crippen LogP contribution is 2.55. The molecule has 4 aliphatic carbocycles. The van der Waals surface area contributed by atoms with E-state index < -0.39 is 0 Å². The molecule has 0 aromatic carbocycles. The Morgan fingerprint density at radius 3 is 2.10 bits per heavy atom. The first kappa shape index (κ1) is 20.6. The molecular formula is C22H35N3O4. The van der Waals surface area contributed by atoms with Crippen LogP contribution in [-0.2, 0) is 14.3 Å². The van der Waals surface area contributed by atoms with Crippen molar-refractivity contribution in [3.05, 3.63) is 0 Å². The first-order chi connectivity index (χ1) is 13.9. The Morgan fingerprint density at radius 2 is 1.59 bits per heavy atom. The number of carbonyl (C=O) groups is 3. The third-order valence-electron chi connectivity index (χ3n) is 7.73. The van der Waals surface area contributed by atoms with Gasteiger partial charge in [-0.2, -0.15) is 0 Å². The van der Waals surface area contributed by atoms with Crippen LogP contribution >= 0.6 is 0 Å². The molecule has 3 amide bonds. The number of ether oxygens (including phenoxy) is 1. The molecule has 4 bridgehead atoms. The smallest absolute Gasteiger partial charge is 0.321 e. The van der Waals surface area contributed by atoms with Gasteiger partial charge in [-0.15, -0.1) is 0 Å². The molecule has 5 rings (SSSR count). The minimum absolute atomic E-state index is 0.0826. The normalized spacial score (nSPS) is 35.2. The van der Waals surface area contributed by atoms with E-state index in [9.17, 15) is 14.4 Å². The standard InChI is InChI=1S/C22H35N3O4/c1-3-29-20(27)18-4-6-25(7-5-18)14(2)19(26)23-21(28)24-22-11-15-8-16(12-22)10-17(9-15)13-22/h14-18H,3-13H2,1-2H3,(H2,23,24,26,28)/t14-,15?,16?,17?,22?/m0/s1. The average molecular weight is 406 g/mol. The van der Waals surface area contributed by atoms with Crippen LogP contribution in [0.25, 0.3) is 0 Å². The van der Waals surface area contributed by atoms with Crippen LogP contribution in [0.3, 0.4) is 0 Å². The summed E-state index contributed by atoms with van der Waals surface area (Å²) in [5.41, 5.74) is -0.0969. The summed E-state index contributed by atoms with van der Waals surface area (Å²) in [6, 6.07) is -0.731. The molecule has 0 radical (unpaired) electrons. The number of hydrogen-bond donors (Lipinski definition) is 2. The van der Waals surface area contributed by atoms with Gasteiger partial charge in [0, 0.05) is 5.54 Å². The van der Waals surface area contributed by atoms with Crippen molar-refractivity contribution in [1.82, 2.24) is 15.5 Å². The van der Waals surface area contributed by atoms with Crippen molar-refractivity contribution >= 4 is 17.9 Å². The van der Waals surface area contributed by atoms with E-state index in [0.29, 0.717) is 32.5 Å². The Morgan fingerprint density at radius 1 is 1.03 bits per heavy atom. The van der Waals surface area contributed by atoms with E-state index in [2.05, 4.69) is 10.6 Å². The van der Waals surface area contributed by atoms with Gasteiger partial charge < -0.3 is 10.1 Å². The molecule has 1 aliphatic heterocycles. The van der Waals surface area contributed by atoms with E-state index >= 15 is 0 Å². The molecule has 0 aromatic rings. The molecule has 7 heteroatoms. The molecule has 4 saturated carbocycles. The van der Waals surface area contributed by atoms with Crippen LogP contribution in [0.5, 0.6) is 0 Å². The lowest BCUT2D eigenvalue weighted by molar-refractivity contribution is -0.149. The zero-order valence-electron chi connectivity index (χ0n) is 17.7. The molecule has 0 unspecified atom stereocenters. The molecule has 1 atom stereocenters. The van der Waals surface area contributed by atoms with Crippen molar-refractivity contribution in [3.63, 3.8) is 0 Å². The number of carbonyl (C=O) groups excluding carboxylic acids is 3. The molecule has 5 aliphatic rings. The second-order valence-corrected chi connectivity index (χ2v) is 9.88. The van der Waals surface area contributed by atoms with Crippen LogP contribution in [0.4, 0.5) is 4.79 Å². The van der Waals surface area contributed by atoms with E-state index in [1.807, 2.05) is 18.7 Å². The number of likely N-dealkylation sites (tertiary alicyclic amines) is 1. The van der Waals surface area contributed by atoms with Gasteiger partial charge in [0.1, 0.15) is 0 Å². The van der Waals surface area contributed by atoms with Gasteiger partial charge in [-0.1, -0.05) is 0 Å². The van der Waals surface area contributed by atoms with Crippen LogP contribution in [0.15, 0.2) is 0 Å². The van der Waals surface area contributed by atoms with Crippen molar-refractivity contribution in [2.75, 3.05) is 19.7 Å². The number of imide groups is 1. The number of hydrogen-bond acceptors (Lipinski definition) is 5. The number of esters is 1. The SMILES string of the molecule is CCOC(=O)C1CCN([C@@H](C)C(=O)NC(=O)NC23CC4CC(CC(C4)C2)C3)CC1. The predicted molar refractivity (Wildman–Crippen MR) is 108 cm³/mol. The molecule has 1 saturated heterocycles. The van der Waals surface area contributed by atoms with Crippen LogP contribution in [-0.4, -0.2) is 54.1 Å². The highest BCUT2D eigenvalue weighted by Gasteiger charge is 2.51. The second kappa shape index (κ2) is 8.25. The number of rotatable bonds is 5. The zero-order valence-corrected chi connectivity index (χ0v) is 17.7. The van der Waals surface area contributed by atoms with Crippen LogP contribution in [0.1, 0.15) is 65.2 Å². The van der Waals surface area contributed by atoms with Crippen LogP contribution in [0, 0.1) is 23.7 Å². The number of nitrogens with one attached hydrogen (secondary N) is 2. The maximum absolute atomic E-state index is 12.7. The van der Waals surface area contributed by atoms with Crippen molar-refractivity contribution in [2.24, 2.45) is 23.7 Å². The molecule has 162 valence electrons. The van der Waals surface area contributed by atoms with Gasteiger partial charge in [-0.25, -0.2) is 4.79 Å². The predicted octanol–water partition coefficient (Wildman–Crippen LogP) is 2.44. The van der Waals surface area contributed by atoms with E-state index in [-0.39, 0.29) is 35.4 Å². The van der Waals surface area contributed by atoms with Gasteiger partial charge in [0.05, 0.1) is 18.6 Å². The van der Waals surface area contributed by atoms with E-state index in [4.69, 9.17) is 4.74 Å². The van der Waals surface area contributed by atoms with Crippen LogP contribution < -0.4 is 10.6 Å². The molecular weight excluding hydrogens is 370 g/mol. The van der Waals surface area contributed by atoms with Crippen molar-refractivity contribution < 1.29 is 19.1 Å². The Bertz CT molecular complexity index is 621. The molecule has 1 heterocycles. The Kier molecular flexibility index (Phi) is 5.87. The monoisotopic (exact) mass is 405 g/mol. The third-order valence-corrected chi connectivity index (χ3v) is 7.73. The minimum Gasteiger partial charge on any atom is -0.466 e. The van der Waals surface area contributed by atoms with Crippen LogP contribution in [0.2, 0.25) is 0 Å². The summed E-state index contributed by atoms with van der Waals surface area (Å²) in [5.74, 6) is 1.76. The zero-order chi connectivity index (χ0) is 20.6. The number of urea groups is 1. The summed E-state index contributed by atoms with van der Waals surface area (Å²) in [7, 11) is 0. The summed E-state index contributed by atoms with van der Waals surface area (Å²) in [6.07, 6.45) is 8.54. The second-order valence-electron chi connectivity index (χ2n) is 9.88. The fourth-order valence-electron chi connectivity index (χ4n) is 6.70. The highest BCUT2D eigenvalue weighted by molar-refractivity contribution is 5.97. The van der Waals surface area contributed by atoms with Gasteiger partial charge in [0.15, 0.2) is 0 Å². The van der Waals surface area contributed by atoms with E-state index in [1.54, 1.807) is 0 Å². The maximum atomic E-state index is 12.7. The minimum atomic E-state index is -0.389. The largest absolute Gasteiger partial charge is 0.466 e. The summed E-state index contributed by atoms with van der Waals surface area (Å²) in [6.45, 7) is 5.37. The summed E-state index contributed by atoms with van der Waals surface area (Å²) in [5, 5.41) is 5.78. The molecule has 2 N–H and O–H groups in total. The molecule has 5 fully saturated rings. The Labute approximate surface area is 173 Å². The van der Waals surface area contributed by atoms with Gasteiger partial charge in [-0.3, -0.25) is 19.8 Å². The molecule has 0 aromatic heterocycles. The molecule has 29 heavy (non-hydrogen) atoms. The summed E-state index contributed by atoms with van der Waals surface area (Å²) < 4.78 is 5.10. The third kappa shape index (κ3) is 4.44. The number of nitrogens with zero attached hydrogens (tertiary/aromatic N) is 1. The maximum Gasteiger partial charge on any atom is 0.321 e. The molecule has 7 nitrogen and oxygen atoms in total.